The van der Waals surface area contributed by atoms with Gasteiger partial charge in [-0.3, -0.25) is 4.79 Å². The van der Waals surface area contributed by atoms with Crippen LogP contribution in [0, 0.1) is 0 Å². The van der Waals surface area contributed by atoms with Gasteiger partial charge in [-0.1, -0.05) is 35.9 Å². The van der Waals surface area contributed by atoms with Crippen LogP contribution in [0.25, 0.3) is 20.5 Å². The van der Waals surface area contributed by atoms with Gasteiger partial charge in [0.15, 0.2) is 6.29 Å². The Morgan fingerprint density at radius 2 is 1.89 bits per heavy atom. The van der Waals surface area contributed by atoms with Crippen molar-refractivity contribution < 1.29 is 4.79 Å². The molecule has 3 rings (SSSR count). The maximum atomic E-state index is 11.1. The number of hydrogen-bond acceptors (Lipinski definition) is 2. The first-order valence-corrected chi connectivity index (χ1v) is 6.71. The summed E-state index contributed by atoms with van der Waals surface area (Å²) in [5.41, 5.74) is 1.57. The number of fused-ring (bicyclic) bond motifs is 1. The lowest BCUT2D eigenvalue weighted by Crippen LogP contribution is -1.84. The van der Waals surface area contributed by atoms with E-state index in [-0.39, 0.29) is 0 Å². The summed E-state index contributed by atoms with van der Waals surface area (Å²) in [6.07, 6.45) is 0.853. The molecule has 0 bridgehead atoms. The molecule has 0 N–H and O–H groups in total. The Balaban J connectivity index is 2.22. The van der Waals surface area contributed by atoms with E-state index in [9.17, 15) is 4.79 Å². The zero-order valence-corrected chi connectivity index (χ0v) is 11.0. The van der Waals surface area contributed by atoms with Crippen molar-refractivity contribution in [1.29, 1.82) is 0 Å². The quantitative estimate of drug-likeness (QED) is 0.598. The fourth-order valence-electron chi connectivity index (χ4n) is 1.97. The molecule has 0 saturated carbocycles. The first kappa shape index (κ1) is 11.5. The summed E-state index contributed by atoms with van der Waals surface area (Å²) in [4.78, 5) is 12.2. The third-order valence-electron chi connectivity index (χ3n) is 2.83. The third-order valence-corrected chi connectivity index (χ3v) is 4.22. The Hall–Kier alpha value is -1.64. The van der Waals surface area contributed by atoms with Gasteiger partial charge < -0.3 is 0 Å². The van der Waals surface area contributed by atoms with Gasteiger partial charge in [0.2, 0.25) is 0 Å². The van der Waals surface area contributed by atoms with Crippen LogP contribution in [0.1, 0.15) is 10.4 Å². The number of aldehydes is 1. The van der Waals surface area contributed by atoms with Crippen molar-refractivity contribution in [2.24, 2.45) is 0 Å². The Bertz CT molecular complexity index is 697. The van der Waals surface area contributed by atoms with Crippen molar-refractivity contribution in [3.8, 4) is 10.4 Å². The maximum absolute atomic E-state index is 11.1. The lowest BCUT2D eigenvalue weighted by Gasteiger charge is -2.01. The number of thiophene rings is 1. The largest absolute Gasteiger partial charge is 0.298 e. The Kier molecular flexibility index (Phi) is 2.90. The lowest BCUT2D eigenvalue weighted by molar-refractivity contribution is 0.112. The highest BCUT2D eigenvalue weighted by molar-refractivity contribution is 7.22. The Morgan fingerprint density at radius 1 is 1.06 bits per heavy atom. The average molecular weight is 273 g/mol. The highest BCUT2D eigenvalue weighted by Gasteiger charge is 2.08. The minimum atomic E-state index is 0.585. The fraction of sp³-hybridized carbons (Fsp3) is 0. The number of hydrogen-bond donors (Lipinski definition) is 0. The number of carbonyl (C=O) groups excluding carboxylic acids is 1. The lowest BCUT2D eigenvalue weighted by atomic mass is 10.1. The van der Waals surface area contributed by atoms with Crippen LogP contribution < -0.4 is 0 Å². The number of carbonyl (C=O) groups is 1. The first-order valence-electron chi connectivity index (χ1n) is 5.51. The van der Waals surface area contributed by atoms with Crippen molar-refractivity contribution in [3.05, 3.63) is 59.1 Å². The molecule has 0 saturated heterocycles. The molecule has 1 nitrogen and oxygen atoms in total. The van der Waals surface area contributed by atoms with Crippen molar-refractivity contribution in [2.45, 2.75) is 0 Å². The predicted octanol–water partition coefficient (Wildman–Crippen LogP) is 5.03. The maximum Gasteiger partial charge on any atom is 0.150 e. The molecule has 2 aromatic carbocycles. The number of halogens is 1. The van der Waals surface area contributed by atoms with Gasteiger partial charge in [0, 0.05) is 25.7 Å². The summed E-state index contributed by atoms with van der Waals surface area (Å²) in [5, 5.41) is 1.78. The molecule has 0 spiro atoms. The van der Waals surface area contributed by atoms with Crippen molar-refractivity contribution in [2.75, 3.05) is 0 Å². The molecule has 0 aliphatic rings. The zero-order valence-electron chi connectivity index (χ0n) is 9.39. The molecule has 0 atom stereocenters. The van der Waals surface area contributed by atoms with E-state index in [4.69, 9.17) is 11.6 Å². The number of benzene rings is 2. The summed E-state index contributed by atoms with van der Waals surface area (Å²) < 4.78 is 1.22. The molecule has 88 valence electrons. The molecule has 0 radical (unpaired) electrons. The average Bonchev–Trinajstić information content (AvgIpc) is 2.82. The van der Waals surface area contributed by atoms with Gasteiger partial charge in [0.05, 0.1) is 0 Å². The van der Waals surface area contributed by atoms with Crippen LogP contribution in [-0.2, 0) is 0 Å². The van der Waals surface area contributed by atoms with E-state index in [0.717, 1.165) is 16.7 Å². The van der Waals surface area contributed by atoms with E-state index in [1.807, 2.05) is 24.3 Å². The Labute approximate surface area is 114 Å². The van der Waals surface area contributed by atoms with E-state index >= 15 is 0 Å². The molecule has 3 aromatic rings. The molecular weight excluding hydrogens is 264 g/mol. The summed E-state index contributed by atoms with van der Waals surface area (Å²) in [6, 6.07) is 15.7. The van der Waals surface area contributed by atoms with E-state index < -0.39 is 0 Å². The van der Waals surface area contributed by atoms with Gasteiger partial charge >= 0.3 is 0 Å². The zero-order chi connectivity index (χ0) is 12.5. The van der Waals surface area contributed by atoms with Crippen LogP contribution in [0.5, 0.6) is 0 Å². The highest BCUT2D eigenvalue weighted by atomic mass is 35.5. The summed E-state index contributed by atoms with van der Waals surface area (Å²) in [6.45, 7) is 0. The van der Waals surface area contributed by atoms with Crippen molar-refractivity contribution >= 4 is 39.3 Å². The van der Waals surface area contributed by atoms with Gasteiger partial charge in [0.1, 0.15) is 0 Å². The molecule has 1 heterocycles. The van der Waals surface area contributed by atoms with Crippen LogP contribution >= 0.6 is 22.9 Å². The second kappa shape index (κ2) is 4.56. The fourth-order valence-corrected chi connectivity index (χ4v) is 3.26. The minimum Gasteiger partial charge on any atom is -0.298 e. The van der Waals surface area contributed by atoms with Gasteiger partial charge in [-0.15, -0.1) is 11.3 Å². The van der Waals surface area contributed by atoms with Crippen molar-refractivity contribution in [3.63, 3.8) is 0 Å². The molecule has 0 fully saturated rings. The topological polar surface area (TPSA) is 17.1 Å². The predicted molar refractivity (Wildman–Crippen MR) is 77.7 cm³/mol. The normalized spacial score (nSPS) is 10.7. The van der Waals surface area contributed by atoms with Gasteiger partial charge in [-0.05, 0) is 29.7 Å². The van der Waals surface area contributed by atoms with Crippen molar-refractivity contribution in [1.82, 2.24) is 0 Å². The molecule has 3 heteroatoms. The van der Waals surface area contributed by atoms with E-state index in [1.54, 1.807) is 17.4 Å². The van der Waals surface area contributed by atoms with Crippen LogP contribution in [0.4, 0.5) is 0 Å². The molecule has 0 unspecified atom stereocenters. The SMILES string of the molecule is O=Cc1cc(Cl)ccc1-c1cc2ccccc2s1. The van der Waals surface area contributed by atoms with E-state index in [1.165, 1.54) is 10.1 Å². The standard InChI is InChI=1S/C15H9ClOS/c16-12-5-6-13(11(7-12)9-17)15-8-10-3-1-2-4-14(10)18-15/h1-9H. The molecular formula is C15H9ClOS. The summed E-state index contributed by atoms with van der Waals surface area (Å²) in [7, 11) is 0. The van der Waals surface area contributed by atoms with Crippen LogP contribution in [-0.4, -0.2) is 6.29 Å². The molecule has 0 amide bonds. The molecule has 1 aromatic heterocycles. The minimum absolute atomic E-state index is 0.585. The first-order chi connectivity index (χ1) is 8.78. The van der Waals surface area contributed by atoms with Crippen LogP contribution in [0.15, 0.2) is 48.5 Å². The van der Waals surface area contributed by atoms with Crippen LogP contribution in [0.3, 0.4) is 0 Å². The van der Waals surface area contributed by atoms with Gasteiger partial charge in [-0.25, -0.2) is 0 Å². The summed E-state index contributed by atoms with van der Waals surface area (Å²) in [5.74, 6) is 0. The van der Waals surface area contributed by atoms with Gasteiger partial charge in [0.25, 0.3) is 0 Å². The van der Waals surface area contributed by atoms with Gasteiger partial charge in [-0.2, -0.15) is 0 Å². The Morgan fingerprint density at radius 3 is 2.67 bits per heavy atom. The second-order valence-electron chi connectivity index (χ2n) is 4.00. The monoisotopic (exact) mass is 272 g/mol. The van der Waals surface area contributed by atoms with E-state index in [2.05, 4.69) is 18.2 Å². The highest BCUT2D eigenvalue weighted by Crippen LogP contribution is 2.35. The molecule has 18 heavy (non-hydrogen) atoms. The van der Waals surface area contributed by atoms with Crippen LogP contribution in [0.2, 0.25) is 5.02 Å². The molecule has 0 aliphatic carbocycles. The smallest absolute Gasteiger partial charge is 0.150 e. The third kappa shape index (κ3) is 1.94. The number of rotatable bonds is 2. The summed E-state index contributed by atoms with van der Waals surface area (Å²) >= 11 is 7.59. The van der Waals surface area contributed by atoms with E-state index in [0.29, 0.717) is 10.6 Å². The second-order valence-corrected chi connectivity index (χ2v) is 5.52. The molecule has 0 aliphatic heterocycles.